The third-order valence-corrected chi connectivity index (χ3v) is 9.92. The molecule has 1 fully saturated rings. The summed E-state index contributed by atoms with van der Waals surface area (Å²) in [6, 6.07) is 21.0. The van der Waals surface area contributed by atoms with E-state index in [2.05, 4.69) is 29.2 Å². The molecule has 0 saturated heterocycles. The van der Waals surface area contributed by atoms with Crippen LogP contribution in [-0.4, -0.2) is 33.6 Å². The molecule has 1 aliphatic carbocycles. The summed E-state index contributed by atoms with van der Waals surface area (Å²) in [6.45, 7) is 1.95. The van der Waals surface area contributed by atoms with E-state index in [-0.39, 0.29) is 17.0 Å². The smallest absolute Gasteiger partial charge is 0.268 e. The molecule has 39 heavy (non-hydrogen) atoms. The van der Waals surface area contributed by atoms with Gasteiger partial charge in [-0.15, -0.1) is 0 Å². The van der Waals surface area contributed by atoms with Crippen molar-refractivity contribution in [3.63, 3.8) is 0 Å². The van der Waals surface area contributed by atoms with Gasteiger partial charge in [-0.2, -0.15) is 0 Å². The lowest BCUT2D eigenvalue weighted by atomic mass is 9.78. The Labute approximate surface area is 231 Å². The summed E-state index contributed by atoms with van der Waals surface area (Å²) in [5.74, 6) is 1.48. The first-order valence-electron chi connectivity index (χ1n) is 13.5. The normalized spacial score (nSPS) is 22.2. The first-order valence-corrected chi connectivity index (χ1v) is 15.0. The summed E-state index contributed by atoms with van der Waals surface area (Å²) in [5.41, 5.74) is 4.31. The Morgan fingerprint density at radius 3 is 2.26 bits per heavy atom. The van der Waals surface area contributed by atoms with Gasteiger partial charge in [0.15, 0.2) is 11.5 Å². The van der Waals surface area contributed by atoms with E-state index in [1.165, 1.54) is 10.7 Å². The van der Waals surface area contributed by atoms with Crippen molar-refractivity contribution in [1.29, 1.82) is 0 Å². The molecule has 3 aliphatic rings. The molecule has 1 saturated carbocycles. The first-order chi connectivity index (χ1) is 18.9. The zero-order valence-corrected chi connectivity index (χ0v) is 23.4. The Hall–Kier alpha value is -3.71. The number of anilines is 1. The summed E-state index contributed by atoms with van der Waals surface area (Å²) < 4.78 is 41.6. The predicted molar refractivity (Wildman–Crippen MR) is 154 cm³/mol. The van der Waals surface area contributed by atoms with Crippen LogP contribution in [0, 0.1) is 12.8 Å². The van der Waals surface area contributed by atoms with Crippen molar-refractivity contribution in [2.24, 2.45) is 5.92 Å². The van der Waals surface area contributed by atoms with E-state index in [9.17, 15) is 8.42 Å². The largest absolute Gasteiger partial charge is 0.493 e. The highest BCUT2D eigenvalue weighted by Crippen LogP contribution is 2.51. The van der Waals surface area contributed by atoms with Gasteiger partial charge in [0.25, 0.3) is 10.0 Å². The monoisotopic (exact) mass is 542 g/mol. The number of benzene rings is 3. The molecular formula is C32H34N2O4S. The molecule has 202 valence electrons. The number of sulfonamides is 1. The maximum Gasteiger partial charge on any atom is 0.268 e. The van der Waals surface area contributed by atoms with Crippen molar-refractivity contribution in [1.82, 2.24) is 4.90 Å². The topological polar surface area (TPSA) is 59.1 Å². The molecule has 7 heteroatoms. The Kier molecular flexibility index (Phi) is 6.63. The molecule has 0 bridgehead atoms. The van der Waals surface area contributed by atoms with Gasteiger partial charge in [-0.3, -0.25) is 0 Å². The van der Waals surface area contributed by atoms with Crippen LogP contribution >= 0.6 is 0 Å². The Balaban J connectivity index is 1.66. The maximum absolute atomic E-state index is 14.4. The SMILES string of the molecule is COc1cc2c(cc1OC)N(S(=O)(=O)c1ccc(C)cc1)C=C(c1ccccc1)N1C2C=C[C@H]2CCCC[C@H]21. The fourth-order valence-electron chi connectivity index (χ4n) is 6.25. The quantitative estimate of drug-likeness (QED) is 0.336. The van der Waals surface area contributed by atoms with Crippen molar-refractivity contribution in [3.8, 4) is 11.5 Å². The lowest BCUT2D eigenvalue weighted by Crippen LogP contribution is -2.44. The first kappa shape index (κ1) is 25.6. The molecular weight excluding hydrogens is 508 g/mol. The molecule has 2 heterocycles. The van der Waals surface area contributed by atoms with E-state index >= 15 is 0 Å². The van der Waals surface area contributed by atoms with Gasteiger partial charge in [-0.1, -0.05) is 73.0 Å². The average Bonchev–Trinajstić information content (AvgIpc) is 3.12. The fraction of sp³-hybridized carbons (Fsp3) is 0.312. The van der Waals surface area contributed by atoms with E-state index in [1.54, 1.807) is 32.4 Å². The van der Waals surface area contributed by atoms with Crippen molar-refractivity contribution in [2.45, 2.75) is 49.6 Å². The number of methoxy groups -OCH3 is 2. The minimum absolute atomic E-state index is 0.163. The van der Waals surface area contributed by atoms with Crippen molar-refractivity contribution < 1.29 is 17.9 Å². The third kappa shape index (κ3) is 4.39. The highest BCUT2D eigenvalue weighted by molar-refractivity contribution is 7.93. The highest BCUT2D eigenvalue weighted by Gasteiger charge is 2.42. The Morgan fingerprint density at radius 1 is 0.846 bits per heavy atom. The second-order valence-electron chi connectivity index (χ2n) is 10.5. The molecule has 3 atom stereocenters. The van der Waals surface area contributed by atoms with Crippen molar-refractivity contribution in [2.75, 3.05) is 18.5 Å². The molecule has 0 N–H and O–H groups in total. The van der Waals surface area contributed by atoms with Gasteiger partial charge in [0.05, 0.1) is 36.5 Å². The minimum atomic E-state index is -3.96. The Morgan fingerprint density at radius 2 is 1.54 bits per heavy atom. The predicted octanol–water partition coefficient (Wildman–Crippen LogP) is 6.69. The lowest BCUT2D eigenvalue weighted by Gasteiger charge is -2.47. The molecule has 6 rings (SSSR count). The molecule has 3 aromatic carbocycles. The average molecular weight is 543 g/mol. The van der Waals surface area contributed by atoms with Crippen molar-refractivity contribution in [3.05, 3.63) is 102 Å². The number of nitrogens with zero attached hydrogens (tertiary/aromatic N) is 2. The van der Waals surface area contributed by atoms with E-state index in [0.717, 1.165) is 41.6 Å². The molecule has 3 aromatic rings. The summed E-state index contributed by atoms with van der Waals surface area (Å²) >= 11 is 0. The highest BCUT2D eigenvalue weighted by atomic mass is 32.2. The van der Waals surface area contributed by atoms with Gasteiger partial charge >= 0.3 is 0 Å². The second-order valence-corrected chi connectivity index (χ2v) is 12.3. The zero-order valence-electron chi connectivity index (χ0n) is 22.6. The van der Waals surface area contributed by atoms with Crippen LogP contribution in [0.2, 0.25) is 0 Å². The van der Waals surface area contributed by atoms with Gasteiger partial charge in [0.1, 0.15) is 0 Å². The summed E-state index contributed by atoms with van der Waals surface area (Å²) in [7, 11) is -0.777. The van der Waals surface area contributed by atoms with Crippen molar-refractivity contribution >= 4 is 21.4 Å². The van der Waals surface area contributed by atoms with Crippen LogP contribution < -0.4 is 13.8 Å². The number of fused-ring (bicyclic) bond motifs is 5. The molecule has 2 aliphatic heterocycles. The van der Waals surface area contributed by atoms with Crippen LogP contribution in [0.15, 0.2) is 90.0 Å². The lowest BCUT2D eigenvalue weighted by molar-refractivity contribution is 0.149. The maximum atomic E-state index is 14.4. The molecule has 0 amide bonds. The number of rotatable bonds is 5. The zero-order chi connectivity index (χ0) is 27.1. The Bertz CT molecular complexity index is 1530. The van der Waals surface area contributed by atoms with Gasteiger partial charge in [-0.05, 0) is 49.4 Å². The summed E-state index contributed by atoms with van der Waals surface area (Å²) in [5, 5.41) is 0. The summed E-state index contributed by atoms with van der Waals surface area (Å²) in [6.07, 6.45) is 11.0. The number of ether oxygens (including phenoxy) is 2. The van der Waals surface area contributed by atoms with Crippen LogP contribution in [0.25, 0.3) is 5.70 Å². The standard InChI is InChI=1S/C32H34N2O4S/c1-22-13-16-25(17-14-22)39(35,36)33-21-30(23-9-5-4-6-10-23)34-27-12-8-7-11-24(27)15-18-28(34)26-19-31(37-2)32(38-3)20-29(26)33/h4-6,9-10,13-21,24,27-28H,7-8,11-12H2,1-3H3/t24-,27-,28?/m1/s1. The van der Waals surface area contributed by atoms with Crippen LogP contribution in [0.4, 0.5) is 5.69 Å². The fourth-order valence-corrected chi connectivity index (χ4v) is 7.62. The number of hydrogen-bond acceptors (Lipinski definition) is 5. The molecule has 0 aromatic heterocycles. The second kappa shape index (κ2) is 10.1. The van der Waals surface area contributed by atoms with Gasteiger partial charge < -0.3 is 14.4 Å². The molecule has 1 unspecified atom stereocenters. The molecule has 6 nitrogen and oxygen atoms in total. The van der Waals surface area contributed by atoms with Crippen LogP contribution in [0.3, 0.4) is 0 Å². The van der Waals surface area contributed by atoms with Gasteiger partial charge in [-0.25, -0.2) is 12.7 Å². The van der Waals surface area contributed by atoms with Crippen LogP contribution in [-0.2, 0) is 10.0 Å². The van der Waals surface area contributed by atoms with Crippen LogP contribution in [0.1, 0.15) is 48.4 Å². The van der Waals surface area contributed by atoms with Gasteiger partial charge in [0, 0.05) is 23.9 Å². The van der Waals surface area contributed by atoms with Crippen LogP contribution in [0.5, 0.6) is 11.5 Å². The van der Waals surface area contributed by atoms with E-state index in [1.807, 2.05) is 49.5 Å². The van der Waals surface area contributed by atoms with E-state index in [4.69, 9.17) is 9.47 Å². The molecule has 0 radical (unpaired) electrons. The minimum Gasteiger partial charge on any atom is -0.493 e. The van der Waals surface area contributed by atoms with E-state index < -0.39 is 10.0 Å². The van der Waals surface area contributed by atoms with Gasteiger partial charge in [0.2, 0.25) is 0 Å². The van der Waals surface area contributed by atoms with E-state index in [0.29, 0.717) is 23.1 Å². The third-order valence-electron chi connectivity index (χ3n) is 8.23. The number of hydrogen-bond donors (Lipinski definition) is 0. The summed E-state index contributed by atoms with van der Waals surface area (Å²) in [4.78, 5) is 2.69. The number of aryl methyl sites for hydroxylation is 1. The molecule has 0 spiro atoms.